The van der Waals surface area contributed by atoms with Crippen molar-refractivity contribution in [3.63, 3.8) is 0 Å². The number of benzene rings is 6. The van der Waals surface area contributed by atoms with Gasteiger partial charge in [0.25, 0.3) is 0 Å². The van der Waals surface area contributed by atoms with Crippen molar-refractivity contribution in [1.29, 1.82) is 0 Å². The van der Waals surface area contributed by atoms with E-state index in [0.29, 0.717) is 0 Å². The normalized spacial score (nSPS) is 11.8. The van der Waals surface area contributed by atoms with Gasteiger partial charge in [-0.25, -0.2) is 4.98 Å². The summed E-state index contributed by atoms with van der Waals surface area (Å²) in [4.78, 5) is 9.38. The standard InChI is InChI=1S/C42H29N3/c1-26-27(2)45(31-19-18-28-10-3-4-11-30(28)24-31)42-35-15-8-6-13-33(35)37-25-36(32-12-5-7-14-34(32)41(37)40(26)42)39-17-9-16-38(44-39)29-20-22-43-23-21-29/h3-25H,1-2H3. The van der Waals surface area contributed by atoms with Crippen molar-refractivity contribution in [2.24, 2.45) is 0 Å². The zero-order valence-electron chi connectivity index (χ0n) is 25.1. The molecule has 0 unspecified atom stereocenters. The monoisotopic (exact) mass is 575 g/mol. The molecular weight excluding hydrogens is 546 g/mol. The molecule has 3 heteroatoms. The van der Waals surface area contributed by atoms with Crippen molar-refractivity contribution in [3.8, 4) is 28.2 Å². The third-order valence-corrected chi connectivity index (χ3v) is 9.47. The molecule has 212 valence electrons. The second-order valence-electron chi connectivity index (χ2n) is 11.9. The van der Waals surface area contributed by atoms with Crippen molar-refractivity contribution in [1.82, 2.24) is 14.5 Å². The van der Waals surface area contributed by atoms with Crippen LogP contribution in [0.1, 0.15) is 11.3 Å². The van der Waals surface area contributed by atoms with Crippen molar-refractivity contribution in [3.05, 3.63) is 151 Å². The summed E-state index contributed by atoms with van der Waals surface area (Å²) in [5.41, 5.74) is 9.13. The Morgan fingerprint density at radius 2 is 1.20 bits per heavy atom. The minimum absolute atomic E-state index is 0.943. The van der Waals surface area contributed by atoms with Crippen LogP contribution in [0, 0.1) is 13.8 Å². The summed E-state index contributed by atoms with van der Waals surface area (Å²) in [6.45, 7) is 4.54. The molecule has 0 amide bonds. The molecule has 0 radical (unpaired) electrons. The molecule has 0 saturated carbocycles. The van der Waals surface area contributed by atoms with Crippen LogP contribution < -0.4 is 0 Å². The van der Waals surface area contributed by atoms with Crippen LogP contribution in [-0.2, 0) is 0 Å². The maximum absolute atomic E-state index is 5.18. The van der Waals surface area contributed by atoms with Crippen LogP contribution in [0.25, 0.3) is 82.2 Å². The van der Waals surface area contributed by atoms with Crippen LogP contribution in [0.3, 0.4) is 0 Å². The number of pyridine rings is 2. The lowest BCUT2D eigenvalue weighted by Crippen LogP contribution is -1.98. The predicted octanol–water partition coefficient (Wildman–Crippen LogP) is 11.0. The molecule has 0 N–H and O–H groups in total. The van der Waals surface area contributed by atoms with E-state index in [2.05, 4.69) is 139 Å². The zero-order chi connectivity index (χ0) is 30.1. The molecule has 0 aliphatic heterocycles. The van der Waals surface area contributed by atoms with Gasteiger partial charge in [0.1, 0.15) is 0 Å². The first kappa shape index (κ1) is 25.7. The van der Waals surface area contributed by atoms with Gasteiger partial charge in [-0.05, 0) is 99.6 Å². The van der Waals surface area contributed by atoms with E-state index in [-0.39, 0.29) is 0 Å². The molecule has 9 rings (SSSR count). The molecule has 0 fully saturated rings. The lowest BCUT2D eigenvalue weighted by Gasteiger charge is -2.16. The third kappa shape index (κ3) is 3.84. The van der Waals surface area contributed by atoms with E-state index < -0.39 is 0 Å². The molecule has 0 bridgehead atoms. The Labute approximate surface area is 261 Å². The Hall–Kier alpha value is -5.80. The van der Waals surface area contributed by atoms with Gasteiger partial charge in [0, 0.05) is 45.7 Å². The van der Waals surface area contributed by atoms with Gasteiger partial charge in [-0.2, -0.15) is 0 Å². The topological polar surface area (TPSA) is 30.7 Å². The summed E-state index contributed by atoms with van der Waals surface area (Å²) in [5.74, 6) is 0. The molecular formula is C42H29N3. The van der Waals surface area contributed by atoms with E-state index in [1.165, 1.54) is 70.9 Å². The first-order chi connectivity index (χ1) is 22.2. The number of aromatic nitrogens is 3. The maximum Gasteiger partial charge on any atom is 0.0715 e. The van der Waals surface area contributed by atoms with Gasteiger partial charge in [0.2, 0.25) is 0 Å². The highest BCUT2D eigenvalue weighted by atomic mass is 15.0. The molecule has 0 aliphatic carbocycles. The van der Waals surface area contributed by atoms with E-state index in [0.717, 1.165) is 22.5 Å². The van der Waals surface area contributed by atoms with Gasteiger partial charge >= 0.3 is 0 Å². The van der Waals surface area contributed by atoms with E-state index in [1.807, 2.05) is 24.5 Å². The van der Waals surface area contributed by atoms with Gasteiger partial charge in [0.05, 0.1) is 16.9 Å². The van der Waals surface area contributed by atoms with E-state index in [1.54, 1.807) is 0 Å². The first-order valence-electron chi connectivity index (χ1n) is 15.4. The molecule has 0 aliphatic rings. The quantitative estimate of drug-likeness (QED) is 0.196. The summed E-state index contributed by atoms with van der Waals surface area (Å²) < 4.78 is 2.47. The Bertz CT molecular complexity index is 2610. The summed E-state index contributed by atoms with van der Waals surface area (Å²) in [7, 11) is 0. The molecule has 3 aromatic heterocycles. The van der Waals surface area contributed by atoms with Crippen molar-refractivity contribution >= 4 is 54.0 Å². The highest BCUT2D eigenvalue weighted by Crippen LogP contribution is 2.45. The van der Waals surface area contributed by atoms with Crippen LogP contribution in [-0.4, -0.2) is 14.5 Å². The van der Waals surface area contributed by atoms with Gasteiger partial charge in [-0.3, -0.25) is 4.98 Å². The lowest BCUT2D eigenvalue weighted by molar-refractivity contribution is 1.05. The largest absolute Gasteiger partial charge is 0.313 e. The van der Waals surface area contributed by atoms with Gasteiger partial charge in [-0.15, -0.1) is 0 Å². The Morgan fingerprint density at radius 1 is 0.511 bits per heavy atom. The number of fused-ring (bicyclic) bond motifs is 9. The lowest BCUT2D eigenvalue weighted by atomic mass is 9.89. The molecule has 9 aromatic rings. The minimum Gasteiger partial charge on any atom is -0.313 e. The first-order valence-corrected chi connectivity index (χ1v) is 15.4. The van der Waals surface area contributed by atoms with Gasteiger partial charge in [0.15, 0.2) is 0 Å². The Morgan fingerprint density at radius 3 is 2.02 bits per heavy atom. The second-order valence-corrected chi connectivity index (χ2v) is 11.9. The molecule has 0 atom stereocenters. The molecule has 6 aromatic carbocycles. The smallest absolute Gasteiger partial charge is 0.0715 e. The van der Waals surface area contributed by atoms with E-state index in [9.17, 15) is 0 Å². The highest BCUT2D eigenvalue weighted by Gasteiger charge is 2.22. The van der Waals surface area contributed by atoms with Crippen LogP contribution in [0.5, 0.6) is 0 Å². The van der Waals surface area contributed by atoms with Crippen molar-refractivity contribution in [2.45, 2.75) is 13.8 Å². The zero-order valence-corrected chi connectivity index (χ0v) is 25.1. The predicted molar refractivity (Wildman–Crippen MR) is 189 cm³/mol. The summed E-state index contributed by atoms with van der Waals surface area (Å²) in [6, 6.07) is 45.8. The van der Waals surface area contributed by atoms with Crippen molar-refractivity contribution < 1.29 is 0 Å². The average Bonchev–Trinajstić information content (AvgIpc) is 3.37. The number of aryl methyl sites for hydroxylation is 1. The Kier molecular flexibility index (Phi) is 5.63. The van der Waals surface area contributed by atoms with Crippen LogP contribution in [0.2, 0.25) is 0 Å². The average molecular weight is 576 g/mol. The molecule has 0 saturated heterocycles. The van der Waals surface area contributed by atoms with E-state index in [4.69, 9.17) is 4.98 Å². The Balaban J connectivity index is 1.42. The third-order valence-electron chi connectivity index (χ3n) is 9.47. The van der Waals surface area contributed by atoms with Crippen LogP contribution in [0.15, 0.2) is 140 Å². The molecule has 3 heterocycles. The van der Waals surface area contributed by atoms with Gasteiger partial charge < -0.3 is 4.57 Å². The second kappa shape index (κ2) is 9.87. The SMILES string of the molecule is Cc1c(C)n(-c2ccc3ccccc3c2)c2c3ccccc3c3cc(-c4cccc(-c5ccncc5)n4)c4ccccc4c3c12. The van der Waals surface area contributed by atoms with E-state index >= 15 is 0 Å². The minimum atomic E-state index is 0.943. The fourth-order valence-corrected chi connectivity index (χ4v) is 7.27. The maximum atomic E-state index is 5.18. The number of hydrogen-bond donors (Lipinski definition) is 0. The molecule has 0 spiro atoms. The fraction of sp³-hybridized carbons (Fsp3) is 0.0476. The molecule has 3 nitrogen and oxygen atoms in total. The fourth-order valence-electron chi connectivity index (χ4n) is 7.27. The summed E-state index contributed by atoms with van der Waals surface area (Å²) in [5, 5.41) is 11.3. The van der Waals surface area contributed by atoms with Crippen LogP contribution >= 0.6 is 0 Å². The number of nitrogens with zero attached hydrogens (tertiary/aromatic N) is 3. The van der Waals surface area contributed by atoms with Crippen molar-refractivity contribution in [2.75, 3.05) is 0 Å². The van der Waals surface area contributed by atoms with Crippen LogP contribution in [0.4, 0.5) is 0 Å². The summed E-state index contributed by atoms with van der Waals surface area (Å²) in [6.07, 6.45) is 3.64. The molecule has 45 heavy (non-hydrogen) atoms. The highest BCUT2D eigenvalue weighted by molar-refractivity contribution is 6.33. The number of hydrogen-bond acceptors (Lipinski definition) is 2. The summed E-state index contributed by atoms with van der Waals surface area (Å²) >= 11 is 0. The number of rotatable bonds is 3. The van der Waals surface area contributed by atoms with Gasteiger partial charge in [-0.1, -0.05) is 84.9 Å².